The summed E-state index contributed by atoms with van der Waals surface area (Å²) in [4.78, 5) is 0. The van der Waals surface area contributed by atoms with Gasteiger partial charge in [-0.2, -0.15) is 0 Å². The van der Waals surface area contributed by atoms with Crippen molar-refractivity contribution in [3.63, 3.8) is 0 Å². The van der Waals surface area contributed by atoms with Crippen LogP contribution in [0.15, 0.2) is 10.5 Å². The van der Waals surface area contributed by atoms with E-state index >= 15 is 0 Å². The number of hydrogen-bond donors (Lipinski definition) is 2. The smallest absolute Gasteiger partial charge is 0.167 e. The maximum absolute atomic E-state index is 10.0. The zero-order valence-electron chi connectivity index (χ0n) is 9.79. The second-order valence-corrected chi connectivity index (χ2v) is 5.18. The number of aromatic hydroxyl groups is 1. The Hall–Kier alpha value is -0.940. The average Bonchev–Trinajstić information content (AvgIpc) is 3.02. The van der Waals surface area contributed by atoms with Crippen molar-refractivity contribution in [3.05, 3.63) is 16.1 Å². The lowest BCUT2D eigenvalue weighted by Gasteiger charge is -2.17. The molecule has 0 unspecified atom stereocenters. The van der Waals surface area contributed by atoms with Crippen LogP contribution in [0, 0.1) is 0 Å². The monoisotopic (exact) mass is 302 g/mol. The molecule has 0 amide bonds. The van der Waals surface area contributed by atoms with E-state index in [1.54, 1.807) is 6.07 Å². The molecule has 1 aliphatic rings. The first-order valence-electron chi connectivity index (χ1n) is 5.35. The summed E-state index contributed by atoms with van der Waals surface area (Å²) in [5.41, 5.74) is -0.116. The van der Waals surface area contributed by atoms with Crippen molar-refractivity contribution < 1.29 is 19.7 Å². The molecule has 17 heavy (non-hydrogen) atoms. The molecule has 5 heteroatoms. The van der Waals surface area contributed by atoms with Gasteiger partial charge in [0.1, 0.15) is 5.75 Å². The van der Waals surface area contributed by atoms with Crippen LogP contribution in [0.3, 0.4) is 0 Å². The van der Waals surface area contributed by atoms with Gasteiger partial charge in [0.15, 0.2) is 11.5 Å². The van der Waals surface area contributed by atoms with Crippen molar-refractivity contribution >= 4 is 15.9 Å². The van der Waals surface area contributed by atoms with E-state index in [1.807, 2.05) is 0 Å². The number of benzene rings is 1. The normalized spacial score (nSPS) is 16.7. The molecule has 94 valence electrons. The second-order valence-electron chi connectivity index (χ2n) is 4.32. The highest BCUT2D eigenvalue weighted by Gasteiger charge is 2.42. The first-order chi connectivity index (χ1) is 8.00. The lowest BCUT2D eigenvalue weighted by atomic mass is 10.0. The van der Waals surface area contributed by atoms with Gasteiger partial charge in [-0.05, 0) is 28.8 Å². The van der Waals surface area contributed by atoms with Gasteiger partial charge in [0.25, 0.3) is 0 Å². The van der Waals surface area contributed by atoms with Crippen LogP contribution in [0.25, 0.3) is 0 Å². The summed E-state index contributed by atoms with van der Waals surface area (Å²) in [6, 6.07) is 1.65. The Morgan fingerprint density at radius 2 is 2.00 bits per heavy atom. The van der Waals surface area contributed by atoms with E-state index in [2.05, 4.69) is 15.9 Å². The molecule has 1 aromatic carbocycles. The highest BCUT2D eigenvalue weighted by molar-refractivity contribution is 9.10. The quantitative estimate of drug-likeness (QED) is 0.895. The molecule has 0 bridgehead atoms. The van der Waals surface area contributed by atoms with Crippen LogP contribution < -0.4 is 9.47 Å². The van der Waals surface area contributed by atoms with Gasteiger partial charge in [-0.1, -0.05) is 0 Å². The van der Waals surface area contributed by atoms with E-state index < -0.39 is 5.60 Å². The molecule has 0 saturated heterocycles. The fourth-order valence-electron chi connectivity index (χ4n) is 1.84. The maximum atomic E-state index is 10.0. The van der Waals surface area contributed by atoms with Crippen molar-refractivity contribution in [1.29, 1.82) is 0 Å². The van der Waals surface area contributed by atoms with Crippen molar-refractivity contribution in [3.8, 4) is 17.2 Å². The first-order valence-corrected chi connectivity index (χ1v) is 6.15. The van der Waals surface area contributed by atoms with E-state index in [-0.39, 0.29) is 5.75 Å². The highest BCUT2D eigenvalue weighted by Crippen LogP contribution is 2.47. The lowest BCUT2D eigenvalue weighted by molar-refractivity contribution is 0.148. The summed E-state index contributed by atoms with van der Waals surface area (Å²) >= 11 is 3.26. The summed E-state index contributed by atoms with van der Waals surface area (Å²) in [7, 11) is 3.06. The van der Waals surface area contributed by atoms with E-state index in [1.165, 1.54) is 14.2 Å². The molecular formula is C12H15BrO4. The maximum Gasteiger partial charge on any atom is 0.167 e. The van der Waals surface area contributed by atoms with Gasteiger partial charge in [0.2, 0.25) is 0 Å². The minimum absolute atomic E-state index is 0.1000. The first kappa shape index (κ1) is 12.5. The predicted molar refractivity (Wildman–Crippen MR) is 66.8 cm³/mol. The number of halogens is 1. The molecule has 2 rings (SSSR count). The van der Waals surface area contributed by atoms with Crippen LogP contribution in [-0.2, 0) is 6.42 Å². The standard InChI is InChI=1S/C12H15BrO4/c1-16-9-5-8(13)10(14)7(11(9)17-2)6-12(15)3-4-12/h5,14-15H,3-4,6H2,1-2H3. The third kappa shape index (κ3) is 2.35. The number of aliphatic hydroxyl groups is 1. The van der Waals surface area contributed by atoms with Gasteiger partial charge in [0, 0.05) is 18.1 Å². The summed E-state index contributed by atoms with van der Waals surface area (Å²) in [6.45, 7) is 0. The summed E-state index contributed by atoms with van der Waals surface area (Å²) < 4.78 is 11.0. The molecule has 2 N–H and O–H groups in total. The van der Waals surface area contributed by atoms with Crippen molar-refractivity contribution in [1.82, 2.24) is 0 Å². The van der Waals surface area contributed by atoms with Crippen LogP contribution in [0.2, 0.25) is 0 Å². The van der Waals surface area contributed by atoms with Crippen LogP contribution in [0.1, 0.15) is 18.4 Å². The van der Waals surface area contributed by atoms with E-state index in [0.29, 0.717) is 28.0 Å². The van der Waals surface area contributed by atoms with Crippen LogP contribution >= 0.6 is 15.9 Å². The second kappa shape index (κ2) is 4.38. The Balaban J connectivity index is 2.48. The summed E-state index contributed by atoms with van der Waals surface area (Å²) in [5.74, 6) is 1.12. The number of ether oxygens (including phenoxy) is 2. The van der Waals surface area contributed by atoms with E-state index in [4.69, 9.17) is 9.47 Å². The topological polar surface area (TPSA) is 58.9 Å². The molecule has 4 nitrogen and oxygen atoms in total. The fourth-order valence-corrected chi connectivity index (χ4v) is 2.29. The van der Waals surface area contributed by atoms with Crippen molar-refractivity contribution in [2.45, 2.75) is 24.9 Å². The van der Waals surface area contributed by atoms with Crippen LogP contribution in [-0.4, -0.2) is 30.0 Å². The van der Waals surface area contributed by atoms with Gasteiger partial charge >= 0.3 is 0 Å². The van der Waals surface area contributed by atoms with Gasteiger partial charge < -0.3 is 19.7 Å². The summed E-state index contributed by atoms with van der Waals surface area (Å²) in [6.07, 6.45) is 1.88. The average molecular weight is 303 g/mol. The third-order valence-corrected chi connectivity index (χ3v) is 3.63. The predicted octanol–water partition coefficient (Wildman–Crippen LogP) is 2.24. The Bertz CT molecular complexity index is 441. The van der Waals surface area contributed by atoms with Crippen LogP contribution in [0.4, 0.5) is 0 Å². The number of phenolic OH excluding ortho intramolecular Hbond substituents is 1. The number of phenols is 1. The molecule has 0 spiro atoms. The SMILES string of the molecule is COc1cc(Br)c(O)c(CC2(O)CC2)c1OC. The number of methoxy groups -OCH3 is 2. The molecule has 1 aliphatic carbocycles. The fraction of sp³-hybridized carbons (Fsp3) is 0.500. The Labute approximate surface area is 108 Å². The summed E-state index contributed by atoms with van der Waals surface area (Å²) in [5, 5.41) is 20.0. The molecule has 0 aromatic heterocycles. The van der Waals surface area contributed by atoms with Crippen molar-refractivity contribution in [2.24, 2.45) is 0 Å². The van der Waals surface area contributed by atoms with Crippen molar-refractivity contribution in [2.75, 3.05) is 14.2 Å². The molecule has 1 saturated carbocycles. The molecule has 0 heterocycles. The zero-order chi connectivity index (χ0) is 12.6. The molecule has 0 aliphatic heterocycles. The minimum atomic E-state index is -0.698. The molecular weight excluding hydrogens is 288 g/mol. The van der Waals surface area contributed by atoms with E-state index in [9.17, 15) is 10.2 Å². The largest absolute Gasteiger partial charge is 0.506 e. The third-order valence-electron chi connectivity index (χ3n) is 3.02. The highest BCUT2D eigenvalue weighted by atomic mass is 79.9. The van der Waals surface area contributed by atoms with Crippen LogP contribution in [0.5, 0.6) is 17.2 Å². The van der Waals surface area contributed by atoms with Gasteiger partial charge in [-0.15, -0.1) is 0 Å². The lowest BCUT2D eigenvalue weighted by Crippen LogP contribution is -2.12. The number of hydrogen-bond acceptors (Lipinski definition) is 4. The molecule has 0 radical (unpaired) electrons. The molecule has 0 atom stereocenters. The van der Waals surface area contributed by atoms with Gasteiger partial charge in [0.05, 0.1) is 24.3 Å². The Kier molecular flexibility index (Phi) is 3.23. The van der Waals surface area contributed by atoms with Gasteiger partial charge in [-0.3, -0.25) is 0 Å². The zero-order valence-corrected chi connectivity index (χ0v) is 11.4. The molecule has 1 fully saturated rings. The Morgan fingerprint density at radius 3 is 2.47 bits per heavy atom. The molecule has 1 aromatic rings. The van der Waals surface area contributed by atoms with Gasteiger partial charge in [-0.25, -0.2) is 0 Å². The minimum Gasteiger partial charge on any atom is -0.506 e. The van der Waals surface area contributed by atoms with E-state index in [0.717, 1.165) is 12.8 Å². The number of rotatable bonds is 4. The Morgan fingerprint density at radius 1 is 1.35 bits per heavy atom.